The third-order valence-corrected chi connectivity index (χ3v) is 2.89. The lowest BCUT2D eigenvalue weighted by atomic mass is 10.0. The topological polar surface area (TPSA) is 51.6 Å². The molecule has 1 heterocycles. The molecule has 0 saturated heterocycles. The Morgan fingerprint density at radius 2 is 1.89 bits per heavy atom. The zero-order valence-corrected chi connectivity index (χ0v) is 10.8. The maximum absolute atomic E-state index is 9.43. The summed E-state index contributed by atoms with van der Waals surface area (Å²) in [7, 11) is 1.62. The Morgan fingerprint density at radius 3 is 2.58 bits per heavy atom. The van der Waals surface area contributed by atoms with Crippen molar-refractivity contribution in [3.63, 3.8) is 0 Å². The van der Waals surface area contributed by atoms with Crippen molar-refractivity contribution >= 4 is 0 Å². The quantitative estimate of drug-likeness (QED) is 0.864. The molecule has 4 heteroatoms. The third-order valence-electron chi connectivity index (χ3n) is 2.89. The van der Waals surface area contributed by atoms with Crippen LogP contribution in [0.2, 0.25) is 0 Å². The number of benzene rings is 1. The average Bonchev–Trinajstić information content (AvgIpc) is 2.49. The van der Waals surface area contributed by atoms with Crippen LogP contribution in [0.15, 0.2) is 48.8 Å². The molecule has 0 aliphatic carbocycles. The van der Waals surface area contributed by atoms with Gasteiger partial charge in [0.2, 0.25) is 0 Å². The molecule has 1 N–H and O–H groups in total. The SMILES string of the molecule is COc1cccc(OCC(CO)c2ccncc2)c1. The van der Waals surface area contributed by atoms with Crippen molar-refractivity contribution < 1.29 is 14.6 Å². The summed E-state index contributed by atoms with van der Waals surface area (Å²) in [6.45, 7) is 0.446. The normalized spacial score (nSPS) is 11.9. The van der Waals surface area contributed by atoms with E-state index < -0.39 is 0 Å². The van der Waals surface area contributed by atoms with E-state index in [1.54, 1.807) is 19.5 Å². The Labute approximate surface area is 112 Å². The van der Waals surface area contributed by atoms with Crippen LogP contribution in [0, 0.1) is 0 Å². The van der Waals surface area contributed by atoms with E-state index in [2.05, 4.69) is 4.98 Å². The van der Waals surface area contributed by atoms with Gasteiger partial charge in [0.05, 0.1) is 20.3 Å². The molecule has 0 aliphatic heterocycles. The Bertz CT molecular complexity index is 502. The lowest BCUT2D eigenvalue weighted by Gasteiger charge is -2.15. The number of ether oxygens (including phenoxy) is 2. The van der Waals surface area contributed by atoms with Crippen molar-refractivity contribution in [2.24, 2.45) is 0 Å². The molecule has 1 aromatic carbocycles. The Kier molecular flexibility index (Phi) is 4.75. The van der Waals surface area contributed by atoms with Gasteiger partial charge in [-0.05, 0) is 29.8 Å². The molecule has 1 unspecified atom stereocenters. The molecular weight excluding hydrogens is 242 g/mol. The summed E-state index contributed by atoms with van der Waals surface area (Å²) in [6, 6.07) is 11.2. The summed E-state index contributed by atoms with van der Waals surface area (Å²) in [6.07, 6.45) is 3.42. The predicted molar refractivity (Wildman–Crippen MR) is 72.6 cm³/mol. The van der Waals surface area contributed by atoms with Crippen LogP contribution in [0.1, 0.15) is 11.5 Å². The average molecular weight is 259 g/mol. The first-order valence-corrected chi connectivity index (χ1v) is 6.11. The van der Waals surface area contributed by atoms with E-state index in [0.717, 1.165) is 17.1 Å². The van der Waals surface area contributed by atoms with Crippen molar-refractivity contribution in [2.75, 3.05) is 20.3 Å². The zero-order valence-electron chi connectivity index (χ0n) is 10.8. The Hall–Kier alpha value is -2.07. The minimum Gasteiger partial charge on any atom is -0.497 e. The number of methoxy groups -OCH3 is 1. The molecule has 0 fully saturated rings. The highest BCUT2D eigenvalue weighted by molar-refractivity contribution is 5.33. The first kappa shape index (κ1) is 13.4. The molecule has 0 saturated carbocycles. The molecule has 19 heavy (non-hydrogen) atoms. The molecule has 0 aliphatic rings. The fourth-order valence-electron chi connectivity index (χ4n) is 1.78. The van der Waals surface area contributed by atoms with Crippen LogP contribution < -0.4 is 9.47 Å². The van der Waals surface area contributed by atoms with Crippen molar-refractivity contribution in [1.82, 2.24) is 4.98 Å². The fraction of sp³-hybridized carbons (Fsp3) is 0.267. The number of aliphatic hydroxyl groups excluding tert-OH is 1. The van der Waals surface area contributed by atoms with Gasteiger partial charge in [0.15, 0.2) is 0 Å². The summed E-state index contributed by atoms with van der Waals surface area (Å²) in [4.78, 5) is 3.96. The van der Waals surface area contributed by atoms with E-state index in [0.29, 0.717) is 6.61 Å². The zero-order chi connectivity index (χ0) is 13.5. The summed E-state index contributed by atoms with van der Waals surface area (Å²) in [5, 5.41) is 9.43. The van der Waals surface area contributed by atoms with Crippen molar-refractivity contribution in [3.8, 4) is 11.5 Å². The smallest absolute Gasteiger partial charge is 0.123 e. The van der Waals surface area contributed by atoms with Gasteiger partial charge >= 0.3 is 0 Å². The lowest BCUT2D eigenvalue weighted by Crippen LogP contribution is -2.14. The second-order valence-corrected chi connectivity index (χ2v) is 4.15. The van der Waals surface area contributed by atoms with E-state index in [1.165, 1.54) is 0 Å². The van der Waals surface area contributed by atoms with E-state index >= 15 is 0 Å². The van der Waals surface area contributed by atoms with Gasteiger partial charge in [-0.2, -0.15) is 0 Å². The first-order valence-electron chi connectivity index (χ1n) is 6.11. The molecule has 4 nitrogen and oxygen atoms in total. The molecule has 1 atom stereocenters. The number of aromatic nitrogens is 1. The number of hydrogen-bond acceptors (Lipinski definition) is 4. The van der Waals surface area contributed by atoms with E-state index in [-0.39, 0.29) is 12.5 Å². The summed E-state index contributed by atoms with van der Waals surface area (Å²) in [5.41, 5.74) is 1.01. The number of aliphatic hydroxyl groups is 1. The highest BCUT2D eigenvalue weighted by Crippen LogP contribution is 2.21. The van der Waals surface area contributed by atoms with Crippen molar-refractivity contribution in [3.05, 3.63) is 54.4 Å². The number of pyridine rings is 1. The van der Waals surface area contributed by atoms with Crippen molar-refractivity contribution in [2.45, 2.75) is 5.92 Å². The van der Waals surface area contributed by atoms with Crippen LogP contribution in [0.25, 0.3) is 0 Å². The fourth-order valence-corrected chi connectivity index (χ4v) is 1.78. The van der Waals surface area contributed by atoms with Gasteiger partial charge in [0.1, 0.15) is 11.5 Å². The van der Waals surface area contributed by atoms with E-state index in [4.69, 9.17) is 9.47 Å². The highest BCUT2D eigenvalue weighted by Gasteiger charge is 2.11. The van der Waals surface area contributed by atoms with Gasteiger partial charge in [0, 0.05) is 24.4 Å². The number of rotatable bonds is 6. The third kappa shape index (κ3) is 3.69. The van der Waals surface area contributed by atoms with Gasteiger partial charge in [-0.25, -0.2) is 0 Å². The van der Waals surface area contributed by atoms with Crippen LogP contribution >= 0.6 is 0 Å². The van der Waals surface area contributed by atoms with Gasteiger partial charge in [-0.1, -0.05) is 6.07 Å². The van der Waals surface area contributed by atoms with Crippen molar-refractivity contribution in [1.29, 1.82) is 0 Å². The molecule has 2 rings (SSSR count). The maximum atomic E-state index is 9.43. The van der Waals surface area contributed by atoms with Gasteiger partial charge in [-0.15, -0.1) is 0 Å². The second-order valence-electron chi connectivity index (χ2n) is 4.15. The predicted octanol–water partition coefficient (Wildman–Crippen LogP) is 2.25. The van der Waals surface area contributed by atoms with Crippen LogP contribution in [0.5, 0.6) is 11.5 Å². The monoisotopic (exact) mass is 259 g/mol. The summed E-state index contributed by atoms with van der Waals surface area (Å²) >= 11 is 0. The van der Waals surface area contributed by atoms with Gasteiger partial charge < -0.3 is 14.6 Å². The Morgan fingerprint density at radius 1 is 1.16 bits per heavy atom. The minimum atomic E-state index is -0.0609. The minimum absolute atomic E-state index is 0.0357. The van der Waals surface area contributed by atoms with Crippen LogP contribution in [0.3, 0.4) is 0 Å². The van der Waals surface area contributed by atoms with E-state index in [9.17, 15) is 5.11 Å². The van der Waals surface area contributed by atoms with Crippen LogP contribution in [-0.2, 0) is 0 Å². The molecule has 1 aromatic heterocycles. The largest absolute Gasteiger partial charge is 0.497 e. The second kappa shape index (κ2) is 6.75. The molecule has 0 radical (unpaired) electrons. The lowest BCUT2D eigenvalue weighted by molar-refractivity contribution is 0.204. The molecule has 0 bridgehead atoms. The van der Waals surface area contributed by atoms with Crippen LogP contribution in [-0.4, -0.2) is 30.4 Å². The molecule has 2 aromatic rings. The number of nitrogens with zero attached hydrogens (tertiary/aromatic N) is 1. The highest BCUT2D eigenvalue weighted by atomic mass is 16.5. The molecular formula is C15H17NO3. The van der Waals surface area contributed by atoms with E-state index in [1.807, 2.05) is 36.4 Å². The van der Waals surface area contributed by atoms with Crippen LogP contribution in [0.4, 0.5) is 0 Å². The first-order chi connectivity index (χ1) is 9.33. The molecule has 100 valence electrons. The molecule has 0 amide bonds. The standard InChI is InChI=1S/C15H17NO3/c1-18-14-3-2-4-15(9-14)19-11-13(10-17)12-5-7-16-8-6-12/h2-9,13,17H,10-11H2,1H3. The Balaban J connectivity index is 2.00. The van der Waals surface area contributed by atoms with Gasteiger partial charge in [0.25, 0.3) is 0 Å². The molecule has 0 spiro atoms. The number of hydrogen-bond donors (Lipinski definition) is 1. The summed E-state index contributed by atoms with van der Waals surface area (Å²) in [5.74, 6) is 1.42. The summed E-state index contributed by atoms with van der Waals surface area (Å²) < 4.78 is 10.8. The maximum Gasteiger partial charge on any atom is 0.123 e. The van der Waals surface area contributed by atoms with Gasteiger partial charge in [-0.3, -0.25) is 4.98 Å².